The van der Waals surface area contributed by atoms with Crippen molar-refractivity contribution in [3.05, 3.63) is 28.8 Å². The molecule has 1 aliphatic heterocycles. The molecule has 0 atom stereocenters. The van der Waals surface area contributed by atoms with E-state index in [2.05, 4.69) is 0 Å². The van der Waals surface area contributed by atoms with Crippen LogP contribution in [-0.2, 0) is 17.9 Å². The van der Waals surface area contributed by atoms with Gasteiger partial charge in [-0.2, -0.15) is 0 Å². The molecule has 23 heavy (non-hydrogen) atoms. The average Bonchev–Trinajstić information content (AvgIpc) is 2.79. The molecule has 0 unspecified atom stereocenters. The van der Waals surface area contributed by atoms with E-state index in [-0.39, 0.29) is 11.8 Å². The van der Waals surface area contributed by atoms with Gasteiger partial charge >= 0.3 is 0 Å². The average molecular weight is 316 g/mol. The molecular weight excluding hydrogens is 292 g/mol. The number of hydrogen-bond donors (Lipinski definition) is 1. The number of rotatable bonds is 3. The number of methoxy groups -OCH3 is 1. The lowest BCUT2D eigenvalue weighted by Crippen LogP contribution is -2.31. The summed E-state index contributed by atoms with van der Waals surface area (Å²) in [4.78, 5) is 26.2. The van der Waals surface area contributed by atoms with Gasteiger partial charge in [-0.05, 0) is 30.5 Å². The minimum absolute atomic E-state index is 0.147. The Balaban J connectivity index is 1.80. The molecule has 1 saturated carbocycles. The number of benzene rings is 1. The highest BCUT2D eigenvalue weighted by Crippen LogP contribution is 2.34. The molecule has 1 aliphatic carbocycles. The van der Waals surface area contributed by atoms with E-state index in [9.17, 15) is 9.59 Å². The first-order chi connectivity index (χ1) is 11.1. The summed E-state index contributed by atoms with van der Waals surface area (Å²) in [6.45, 7) is 1.11. The van der Waals surface area contributed by atoms with Crippen LogP contribution >= 0.6 is 0 Å². The first-order valence-electron chi connectivity index (χ1n) is 8.38. The molecule has 0 spiro atoms. The number of fused-ring (bicyclic) bond motifs is 1. The topological polar surface area (TPSA) is 72.6 Å². The monoisotopic (exact) mass is 316 g/mol. The number of carbonyl (C=O) groups is 2. The second-order valence-corrected chi connectivity index (χ2v) is 6.56. The smallest absolute Gasteiger partial charge is 0.248 e. The summed E-state index contributed by atoms with van der Waals surface area (Å²) in [5.74, 6) is 0.561. The lowest BCUT2D eigenvalue weighted by Gasteiger charge is -2.22. The van der Waals surface area contributed by atoms with E-state index in [0.29, 0.717) is 24.4 Å². The molecule has 124 valence electrons. The van der Waals surface area contributed by atoms with Crippen molar-refractivity contribution in [2.24, 2.45) is 11.7 Å². The number of ether oxygens (including phenoxy) is 1. The number of nitrogens with zero attached hydrogens (tertiary/aromatic N) is 1. The molecule has 2 aliphatic rings. The minimum atomic E-state index is -0.473. The van der Waals surface area contributed by atoms with Crippen molar-refractivity contribution < 1.29 is 14.3 Å². The van der Waals surface area contributed by atoms with Crippen molar-refractivity contribution in [2.45, 2.75) is 51.6 Å². The van der Waals surface area contributed by atoms with Crippen LogP contribution in [0.3, 0.4) is 0 Å². The second-order valence-electron chi connectivity index (χ2n) is 6.56. The van der Waals surface area contributed by atoms with E-state index in [0.717, 1.165) is 36.8 Å². The Bertz CT molecular complexity index is 619. The summed E-state index contributed by atoms with van der Waals surface area (Å²) in [5, 5.41) is 0. The Labute approximate surface area is 136 Å². The van der Waals surface area contributed by atoms with Gasteiger partial charge in [0.15, 0.2) is 0 Å². The summed E-state index contributed by atoms with van der Waals surface area (Å²) in [7, 11) is 1.58. The molecule has 1 heterocycles. The van der Waals surface area contributed by atoms with Gasteiger partial charge in [0, 0.05) is 30.1 Å². The van der Waals surface area contributed by atoms with Crippen LogP contribution in [0.5, 0.6) is 5.75 Å². The predicted molar refractivity (Wildman–Crippen MR) is 87.0 cm³/mol. The van der Waals surface area contributed by atoms with Crippen LogP contribution in [0.2, 0.25) is 0 Å². The Kier molecular flexibility index (Phi) is 4.55. The summed E-state index contributed by atoms with van der Waals surface area (Å²) in [6, 6.07) is 3.46. The summed E-state index contributed by atoms with van der Waals surface area (Å²) in [5.41, 5.74) is 7.79. The largest absolute Gasteiger partial charge is 0.496 e. The maximum absolute atomic E-state index is 12.8. The third-order valence-electron chi connectivity index (χ3n) is 5.03. The van der Waals surface area contributed by atoms with E-state index < -0.39 is 5.91 Å². The lowest BCUT2D eigenvalue weighted by molar-refractivity contribution is -0.136. The number of carbonyl (C=O) groups excluding carboxylic acids is 2. The van der Waals surface area contributed by atoms with Crippen molar-refractivity contribution in [1.82, 2.24) is 4.90 Å². The zero-order valence-corrected chi connectivity index (χ0v) is 13.6. The predicted octanol–water partition coefficient (Wildman–Crippen LogP) is 2.61. The van der Waals surface area contributed by atoms with Crippen LogP contribution in [0.25, 0.3) is 0 Å². The minimum Gasteiger partial charge on any atom is -0.496 e. The van der Waals surface area contributed by atoms with E-state index in [1.165, 1.54) is 12.8 Å². The van der Waals surface area contributed by atoms with E-state index in [1.807, 2.05) is 4.90 Å². The molecule has 3 rings (SSSR count). The standard InChI is InChI=1S/C18H24N2O3/c1-23-16-9-13(17(19)21)8-14-10-20(11-15(14)16)18(22)12-6-4-2-3-5-7-12/h8-9,12H,2-7,10-11H2,1H3,(H2,19,21). The maximum Gasteiger partial charge on any atom is 0.248 e. The molecule has 1 fully saturated rings. The van der Waals surface area contributed by atoms with E-state index >= 15 is 0 Å². The molecule has 0 saturated heterocycles. The molecule has 5 heteroatoms. The fourth-order valence-electron chi connectivity index (χ4n) is 3.74. The molecule has 0 aromatic heterocycles. The van der Waals surface area contributed by atoms with Crippen LogP contribution in [0.1, 0.15) is 60.0 Å². The molecule has 1 aromatic rings. The van der Waals surface area contributed by atoms with Crippen molar-refractivity contribution in [2.75, 3.05) is 7.11 Å². The first kappa shape index (κ1) is 15.8. The van der Waals surface area contributed by atoms with Crippen LogP contribution in [0.4, 0.5) is 0 Å². The highest BCUT2D eigenvalue weighted by molar-refractivity contribution is 5.93. The van der Waals surface area contributed by atoms with Gasteiger partial charge in [0.1, 0.15) is 5.75 Å². The molecular formula is C18H24N2O3. The lowest BCUT2D eigenvalue weighted by atomic mass is 9.99. The maximum atomic E-state index is 12.8. The quantitative estimate of drug-likeness (QED) is 0.871. The first-order valence-corrected chi connectivity index (χ1v) is 8.38. The van der Waals surface area contributed by atoms with E-state index in [4.69, 9.17) is 10.5 Å². The van der Waals surface area contributed by atoms with Crippen LogP contribution < -0.4 is 10.5 Å². The fourth-order valence-corrected chi connectivity index (χ4v) is 3.74. The summed E-state index contributed by atoms with van der Waals surface area (Å²) < 4.78 is 5.40. The number of hydrogen-bond acceptors (Lipinski definition) is 3. The zero-order valence-electron chi connectivity index (χ0n) is 13.6. The Morgan fingerprint density at radius 3 is 2.43 bits per heavy atom. The normalized spacial score (nSPS) is 18.4. The Morgan fingerprint density at radius 1 is 1.13 bits per heavy atom. The molecule has 5 nitrogen and oxygen atoms in total. The molecule has 2 N–H and O–H groups in total. The van der Waals surface area contributed by atoms with Crippen molar-refractivity contribution in [3.63, 3.8) is 0 Å². The third kappa shape index (κ3) is 3.19. The number of amides is 2. The third-order valence-corrected chi connectivity index (χ3v) is 5.03. The Hall–Kier alpha value is -2.04. The fraction of sp³-hybridized carbons (Fsp3) is 0.556. The highest BCUT2D eigenvalue weighted by Gasteiger charge is 2.31. The zero-order chi connectivity index (χ0) is 16.4. The Morgan fingerprint density at radius 2 is 1.83 bits per heavy atom. The van der Waals surface area contributed by atoms with Gasteiger partial charge in [0.2, 0.25) is 11.8 Å². The van der Waals surface area contributed by atoms with Crippen molar-refractivity contribution in [1.29, 1.82) is 0 Å². The van der Waals surface area contributed by atoms with Crippen molar-refractivity contribution in [3.8, 4) is 5.75 Å². The summed E-state index contributed by atoms with van der Waals surface area (Å²) >= 11 is 0. The van der Waals surface area contributed by atoms with Crippen LogP contribution in [0, 0.1) is 5.92 Å². The van der Waals surface area contributed by atoms with Gasteiger partial charge < -0.3 is 15.4 Å². The van der Waals surface area contributed by atoms with E-state index in [1.54, 1.807) is 19.2 Å². The second kappa shape index (κ2) is 6.60. The molecule has 0 bridgehead atoms. The van der Waals surface area contributed by atoms with Crippen LogP contribution in [-0.4, -0.2) is 23.8 Å². The van der Waals surface area contributed by atoms with Crippen LogP contribution in [0.15, 0.2) is 12.1 Å². The number of primary amides is 1. The number of nitrogens with two attached hydrogens (primary N) is 1. The highest BCUT2D eigenvalue weighted by atomic mass is 16.5. The van der Waals surface area contributed by atoms with Gasteiger partial charge in [-0.25, -0.2) is 0 Å². The summed E-state index contributed by atoms with van der Waals surface area (Å²) in [6.07, 6.45) is 6.75. The van der Waals surface area contributed by atoms with Gasteiger partial charge in [0.05, 0.1) is 7.11 Å². The molecule has 0 radical (unpaired) electrons. The van der Waals surface area contributed by atoms with Gasteiger partial charge in [0.25, 0.3) is 0 Å². The van der Waals surface area contributed by atoms with Gasteiger partial charge in [-0.1, -0.05) is 25.7 Å². The van der Waals surface area contributed by atoms with Gasteiger partial charge in [-0.15, -0.1) is 0 Å². The molecule has 2 amide bonds. The molecule has 1 aromatic carbocycles. The van der Waals surface area contributed by atoms with Gasteiger partial charge in [-0.3, -0.25) is 9.59 Å². The van der Waals surface area contributed by atoms with Crippen molar-refractivity contribution >= 4 is 11.8 Å². The SMILES string of the molecule is COc1cc(C(N)=O)cc2c1CN(C(=O)C1CCCCCC1)C2.